The van der Waals surface area contributed by atoms with Gasteiger partial charge in [-0.1, -0.05) is 24.6 Å². The van der Waals surface area contributed by atoms with Crippen molar-refractivity contribution in [3.05, 3.63) is 86.4 Å². The molecule has 1 aromatic carbocycles. The fourth-order valence-corrected chi connectivity index (χ4v) is 3.50. The van der Waals surface area contributed by atoms with Gasteiger partial charge in [0.25, 0.3) is 5.56 Å². The van der Waals surface area contributed by atoms with Gasteiger partial charge < -0.3 is 19.5 Å². The van der Waals surface area contributed by atoms with Gasteiger partial charge in [0.1, 0.15) is 5.75 Å². The van der Waals surface area contributed by atoms with Crippen LogP contribution in [0.2, 0.25) is 5.02 Å². The Hall–Kier alpha value is -3.16. The second kappa shape index (κ2) is 8.69. The Bertz CT molecular complexity index is 1120. The van der Waals surface area contributed by atoms with Gasteiger partial charge in [-0.15, -0.1) is 0 Å². The van der Waals surface area contributed by atoms with Crippen molar-refractivity contribution in [2.75, 3.05) is 0 Å². The monoisotopic (exact) mass is 428 g/mol. The molecule has 2 N–H and O–H groups in total. The average molecular weight is 429 g/mol. The third kappa shape index (κ3) is 4.53. The van der Waals surface area contributed by atoms with Gasteiger partial charge in [-0.25, -0.2) is 9.78 Å². The molecule has 0 fully saturated rings. The summed E-state index contributed by atoms with van der Waals surface area (Å²) in [7, 11) is 1.65. The van der Waals surface area contributed by atoms with E-state index in [1.54, 1.807) is 44.4 Å². The number of carboxylic acid groups (broad SMARTS) is 1. The first-order valence-electron chi connectivity index (χ1n) is 9.19. The van der Waals surface area contributed by atoms with Crippen LogP contribution in [0.5, 0.6) is 11.6 Å². The number of carbonyl (C=O) groups is 1. The molecule has 8 heteroatoms. The summed E-state index contributed by atoms with van der Waals surface area (Å²) in [4.78, 5) is 26.7. The number of aliphatic hydroxyl groups excluding tert-OH is 1. The summed E-state index contributed by atoms with van der Waals surface area (Å²) in [6.45, 7) is 3.55. The van der Waals surface area contributed by atoms with E-state index in [9.17, 15) is 14.7 Å². The van der Waals surface area contributed by atoms with Crippen molar-refractivity contribution in [2.45, 2.75) is 25.9 Å². The number of pyridine rings is 2. The van der Waals surface area contributed by atoms with Crippen molar-refractivity contribution < 1.29 is 19.7 Å². The number of hydrogen-bond acceptors (Lipinski definition) is 5. The molecule has 0 saturated carbocycles. The molecule has 0 spiro atoms. The highest BCUT2D eigenvalue weighted by Gasteiger charge is 2.22. The number of aliphatic hydroxyl groups is 1. The second-order valence-electron chi connectivity index (χ2n) is 7.08. The zero-order chi connectivity index (χ0) is 22.0. The van der Waals surface area contributed by atoms with Crippen LogP contribution >= 0.6 is 11.6 Å². The van der Waals surface area contributed by atoms with Gasteiger partial charge in [0.2, 0.25) is 5.88 Å². The number of carboxylic acids is 1. The molecule has 2 aromatic heterocycles. The molecule has 30 heavy (non-hydrogen) atoms. The standard InChI is InChI=1S/C22H21ClN2O5/c1-12-8-15(11-25(3)21(12)27)20(26)13(2)17-6-5-16(9-18(17)23)30-19-7-4-14(10-24-19)22(28)29/h4-11,13,20,26H,1-3H3,(H,28,29)/t13-,20?/m0/s1. The number of nitrogens with zero attached hydrogens (tertiary/aromatic N) is 2. The van der Waals surface area contributed by atoms with Crippen LogP contribution in [0.3, 0.4) is 0 Å². The molecule has 0 bridgehead atoms. The van der Waals surface area contributed by atoms with E-state index in [0.29, 0.717) is 21.9 Å². The molecule has 0 saturated heterocycles. The van der Waals surface area contributed by atoms with Gasteiger partial charge >= 0.3 is 5.97 Å². The lowest BCUT2D eigenvalue weighted by molar-refractivity contribution is 0.0696. The van der Waals surface area contributed by atoms with Crippen molar-refractivity contribution in [1.29, 1.82) is 0 Å². The Morgan fingerprint density at radius 2 is 1.97 bits per heavy atom. The summed E-state index contributed by atoms with van der Waals surface area (Å²) in [5.74, 6) is -0.740. The molecule has 1 unspecified atom stereocenters. The van der Waals surface area contributed by atoms with Crippen LogP contribution in [-0.2, 0) is 7.05 Å². The van der Waals surface area contributed by atoms with Crippen LogP contribution in [0.4, 0.5) is 0 Å². The zero-order valence-electron chi connectivity index (χ0n) is 16.7. The molecule has 0 radical (unpaired) electrons. The number of benzene rings is 1. The van der Waals surface area contributed by atoms with E-state index in [1.807, 2.05) is 6.92 Å². The molecule has 2 atom stereocenters. The molecular formula is C22H21ClN2O5. The number of halogens is 1. The Balaban J connectivity index is 1.80. The average Bonchev–Trinajstić information content (AvgIpc) is 2.71. The number of aryl methyl sites for hydroxylation is 2. The van der Waals surface area contributed by atoms with Crippen molar-refractivity contribution in [3.8, 4) is 11.6 Å². The fraction of sp³-hybridized carbons (Fsp3) is 0.227. The third-order valence-corrected chi connectivity index (χ3v) is 5.19. The van der Waals surface area contributed by atoms with Gasteiger partial charge in [-0.3, -0.25) is 4.79 Å². The molecule has 0 aliphatic heterocycles. The van der Waals surface area contributed by atoms with Crippen LogP contribution in [0.1, 0.15) is 46.0 Å². The van der Waals surface area contributed by atoms with E-state index in [0.717, 1.165) is 5.56 Å². The van der Waals surface area contributed by atoms with Crippen LogP contribution in [0, 0.1) is 6.92 Å². The predicted octanol–water partition coefficient (Wildman–Crippen LogP) is 4.07. The first-order valence-corrected chi connectivity index (χ1v) is 9.57. The summed E-state index contributed by atoms with van der Waals surface area (Å²) >= 11 is 6.43. The smallest absolute Gasteiger partial charge is 0.337 e. The highest BCUT2D eigenvalue weighted by Crippen LogP contribution is 2.36. The Kier molecular flexibility index (Phi) is 6.24. The lowest BCUT2D eigenvalue weighted by Gasteiger charge is -2.22. The van der Waals surface area contributed by atoms with E-state index in [1.165, 1.54) is 22.9 Å². The van der Waals surface area contributed by atoms with Crippen LogP contribution in [0.15, 0.2) is 53.6 Å². The molecule has 0 amide bonds. The Morgan fingerprint density at radius 1 is 1.23 bits per heavy atom. The lowest BCUT2D eigenvalue weighted by Crippen LogP contribution is -2.21. The van der Waals surface area contributed by atoms with Gasteiger partial charge in [0.15, 0.2) is 0 Å². The van der Waals surface area contributed by atoms with Gasteiger partial charge in [0, 0.05) is 42.0 Å². The maximum absolute atomic E-state index is 11.9. The van der Waals surface area contributed by atoms with Gasteiger partial charge in [-0.2, -0.15) is 0 Å². The number of rotatable bonds is 6. The number of aromatic nitrogens is 2. The van der Waals surface area contributed by atoms with Crippen LogP contribution in [-0.4, -0.2) is 25.7 Å². The van der Waals surface area contributed by atoms with Crippen molar-refractivity contribution in [3.63, 3.8) is 0 Å². The summed E-state index contributed by atoms with van der Waals surface area (Å²) < 4.78 is 7.08. The molecular weight excluding hydrogens is 408 g/mol. The van der Waals surface area contributed by atoms with Crippen LogP contribution < -0.4 is 10.3 Å². The lowest BCUT2D eigenvalue weighted by atomic mass is 9.91. The Morgan fingerprint density at radius 3 is 2.53 bits per heavy atom. The van der Waals surface area contributed by atoms with E-state index < -0.39 is 12.1 Å². The van der Waals surface area contributed by atoms with Gasteiger partial charge in [0.05, 0.1) is 11.7 Å². The molecule has 7 nitrogen and oxygen atoms in total. The normalized spacial score (nSPS) is 13.0. The molecule has 0 aliphatic rings. The van der Waals surface area contributed by atoms with E-state index in [2.05, 4.69) is 4.98 Å². The van der Waals surface area contributed by atoms with E-state index >= 15 is 0 Å². The van der Waals surface area contributed by atoms with E-state index in [4.69, 9.17) is 21.4 Å². The zero-order valence-corrected chi connectivity index (χ0v) is 17.4. The summed E-state index contributed by atoms with van der Waals surface area (Å²) in [5, 5.41) is 20.1. The van der Waals surface area contributed by atoms with Crippen molar-refractivity contribution in [1.82, 2.24) is 9.55 Å². The number of ether oxygens (including phenoxy) is 1. The minimum Gasteiger partial charge on any atom is -0.478 e. The minimum absolute atomic E-state index is 0.0622. The van der Waals surface area contributed by atoms with Crippen molar-refractivity contribution in [2.24, 2.45) is 7.05 Å². The van der Waals surface area contributed by atoms with Crippen LogP contribution in [0.25, 0.3) is 0 Å². The van der Waals surface area contributed by atoms with Crippen molar-refractivity contribution >= 4 is 17.6 Å². The topological polar surface area (TPSA) is 102 Å². The quantitative estimate of drug-likeness (QED) is 0.613. The molecule has 2 heterocycles. The number of hydrogen-bond donors (Lipinski definition) is 2. The highest BCUT2D eigenvalue weighted by molar-refractivity contribution is 6.31. The number of aromatic carboxylic acids is 1. The van der Waals surface area contributed by atoms with E-state index in [-0.39, 0.29) is 22.9 Å². The molecule has 156 valence electrons. The minimum atomic E-state index is -1.07. The maximum atomic E-state index is 11.9. The third-order valence-electron chi connectivity index (χ3n) is 4.87. The molecule has 0 aliphatic carbocycles. The first kappa shape index (κ1) is 21.5. The maximum Gasteiger partial charge on any atom is 0.337 e. The second-order valence-corrected chi connectivity index (χ2v) is 7.49. The molecule has 3 aromatic rings. The SMILES string of the molecule is Cc1cc(C(O)[C@@H](C)c2ccc(Oc3ccc(C(=O)O)cn3)cc2Cl)cn(C)c1=O. The first-order chi connectivity index (χ1) is 14.2. The van der Waals surface area contributed by atoms with Gasteiger partial charge in [-0.05, 0) is 42.3 Å². The largest absolute Gasteiger partial charge is 0.478 e. The fourth-order valence-electron chi connectivity index (χ4n) is 3.16. The molecule has 3 rings (SSSR count). The summed E-state index contributed by atoms with van der Waals surface area (Å²) in [6.07, 6.45) is 1.97. The highest BCUT2D eigenvalue weighted by atomic mass is 35.5. The predicted molar refractivity (Wildman–Crippen MR) is 113 cm³/mol. The summed E-state index contributed by atoms with van der Waals surface area (Å²) in [5.41, 5.74) is 1.85. The Labute approximate surface area is 178 Å². The summed E-state index contributed by atoms with van der Waals surface area (Å²) in [6, 6.07) is 9.60.